The lowest BCUT2D eigenvalue weighted by molar-refractivity contribution is 0.194. The monoisotopic (exact) mass is 199 g/mol. The lowest BCUT2D eigenvalue weighted by atomic mass is 10.00. The Morgan fingerprint density at radius 1 is 1.50 bits per heavy atom. The topological polar surface area (TPSA) is 58.4 Å². The van der Waals surface area contributed by atoms with Crippen LogP contribution < -0.4 is 11.1 Å². The van der Waals surface area contributed by atoms with Gasteiger partial charge in [0.1, 0.15) is 0 Å². The molecule has 82 valence electrons. The maximum atomic E-state index is 11.7. The van der Waals surface area contributed by atoms with Gasteiger partial charge in [-0.05, 0) is 26.2 Å². The fraction of sp³-hybridized carbons (Fsp3) is 0.900. The molecule has 0 aromatic heterocycles. The predicted molar refractivity (Wildman–Crippen MR) is 57.1 cm³/mol. The smallest absolute Gasteiger partial charge is 0.317 e. The summed E-state index contributed by atoms with van der Waals surface area (Å²) in [7, 11) is 0. The molecular weight excluding hydrogens is 178 g/mol. The van der Waals surface area contributed by atoms with E-state index in [1.807, 2.05) is 18.7 Å². The number of nitrogens with one attached hydrogen (secondary N) is 1. The van der Waals surface area contributed by atoms with Crippen LogP contribution in [-0.4, -0.2) is 36.1 Å². The molecule has 14 heavy (non-hydrogen) atoms. The van der Waals surface area contributed by atoms with E-state index in [1.165, 1.54) is 0 Å². The number of hydrogen-bond acceptors (Lipinski definition) is 2. The average molecular weight is 199 g/mol. The molecule has 2 amide bonds. The second-order valence-corrected chi connectivity index (χ2v) is 4.24. The summed E-state index contributed by atoms with van der Waals surface area (Å²) in [6, 6.07) is 0.0392. The van der Waals surface area contributed by atoms with Gasteiger partial charge in [0.25, 0.3) is 0 Å². The Bertz CT molecular complexity index is 196. The number of likely N-dealkylation sites (tertiary alicyclic amines) is 1. The van der Waals surface area contributed by atoms with Crippen LogP contribution >= 0.6 is 0 Å². The molecule has 0 spiro atoms. The number of carbonyl (C=O) groups excluding carboxylic acids is 1. The van der Waals surface area contributed by atoms with Crippen LogP contribution in [0.1, 0.15) is 33.1 Å². The SMILES string of the molecule is CCC(C)(CN)NC(=O)N1CCCC1. The zero-order valence-corrected chi connectivity index (χ0v) is 9.18. The van der Waals surface area contributed by atoms with Gasteiger partial charge in [0.15, 0.2) is 0 Å². The Kier molecular flexibility index (Phi) is 3.75. The van der Waals surface area contributed by atoms with Crippen molar-refractivity contribution in [3.8, 4) is 0 Å². The Morgan fingerprint density at radius 3 is 2.50 bits per heavy atom. The minimum absolute atomic E-state index is 0.0392. The first-order valence-corrected chi connectivity index (χ1v) is 5.38. The number of rotatable bonds is 3. The number of amides is 2. The molecule has 1 atom stereocenters. The summed E-state index contributed by atoms with van der Waals surface area (Å²) in [5.74, 6) is 0. The van der Waals surface area contributed by atoms with E-state index in [2.05, 4.69) is 5.32 Å². The first-order valence-electron chi connectivity index (χ1n) is 5.38. The Morgan fingerprint density at radius 2 is 2.07 bits per heavy atom. The maximum Gasteiger partial charge on any atom is 0.317 e. The van der Waals surface area contributed by atoms with Gasteiger partial charge in [-0.25, -0.2) is 4.79 Å². The van der Waals surface area contributed by atoms with Crippen LogP contribution in [-0.2, 0) is 0 Å². The molecule has 3 N–H and O–H groups in total. The van der Waals surface area contributed by atoms with Gasteiger partial charge >= 0.3 is 6.03 Å². The highest BCUT2D eigenvalue weighted by Crippen LogP contribution is 2.11. The van der Waals surface area contributed by atoms with Gasteiger partial charge in [-0.3, -0.25) is 0 Å². The summed E-state index contributed by atoms with van der Waals surface area (Å²) >= 11 is 0. The van der Waals surface area contributed by atoms with Crippen molar-refractivity contribution in [3.63, 3.8) is 0 Å². The summed E-state index contributed by atoms with van der Waals surface area (Å²) in [6.07, 6.45) is 3.11. The van der Waals surface area contributed by atoms with E-state index in [9.17, 15) is 4.79 Å². The highest BCUT2D eigenvalue weighted by atomic mass is 16.2. The number of nitrogens with zero attached hydrogens (tertiary/aromatic N) is 1. The van der Waals surface area contributed by atoms with E-state index in [0.29, 0.717) is 6.54 Å². The molecule has 1 aliphatic heterocycles. The molecule has 1 fully saturated rings. The van der Waals surface area contributed by atoms with Crippen molar-refractivity contribution in [2.45, 2.75) is 38.6 Å². The normalized spacial score (nSPS) is 20.6. The summed E-state index contributed by atoms with van der Waals surface area (Å²) in [5.41, 5.74) is 5.38. The van der Waals surface area contributed by atoms with Gasteiger partial charge < -0.3 is 16.0 Å². The molecule has 1 unspecified atom stereocenters. The highest BCUT2D eigenvalue weighted by molar-refractivity contribution is 5.75. The fourth-order valence-electron chi connectivity index (χ4n) is 1.54. The third kappa shape index (κ3) is 2.61. The largest absolute Gasteiger partial charge is 0.332 e. The van der Waals surface area contributed by atoms with Crippen LogP contribution in [0.5, 0.6) is 0 Å². The zero-order chi connectivity index (χ0) is 10.6. The molecule has 0 bridgehead atoms. The standard InChI is InChI=1S/C10H21N3O/c1-3-10(2,8-11)12-9(14)13-6-4-5-7-13/h3-8,11H2,1-2H3,(H,12,14). The summed E-state index contributed by atoms with van der Waals surface area (Å²) in [4.78, 5) is 13.6. The number of nitrogens with two attached hydrogens (primary N) is 1. The van der Waals surface area contributed by atoms with Crippen molar-refractivity contribution in [1.82, 2.24) is 10.2 Å². The molecule has 1 heterocycles. The summed E-state index contributed by atoms with van der Waals surface area (Å²) < 4.78 is 0. The molecule has 0 aliphatic carbocycles. The van der Waals surface area contributed by atoms with E-state index < -0.39 is 0 Å². The van der Waals surface area contributed by atoms with E-state index in [-0.39, 0.29) is 11.6 Å². The molecule has 0 radical (unpaired) electrons. The van der Waals surface area contributed by atoms with Crippen LogP contribution in [0.4, 0.5) is 4.79 Å². The fourth-order valence-corrected chi connectivity index (χ4v) is 1.54. The molecule has 1 rings (SSSR count). The summed E-state index contributed by atoms with van der Waals surface area (Å²) in [5, 5.41) is 3.00. The molecule has 0 saturated carbocycles. The molecule has 1 saturated heterocycles. The molecule has 0 aromatic rings. The van der Waals surface area contributed by atoms with Crippen molar-refractivity contribution >= 4 is 6.03 Å². The van der Waals surface area contributed by atoms with E-state index in [1.54, 1.807) is 0 Å². The van der Waals surface area contributed by atoms with Crippen molar-refractivity contribution in [2.75, 3.05) is 19.6 Å². The first-order chi connectivity index (χ1) is 6.61. The third-order valence-corrected chi connectivity index (χ3v) is 3.03. The Balaban J connectivity index is 2.45. The maximum absolute atomic E-state index is 11.7. The molecule has 4 nitrogen and oxygen atoms in total. The quantitative estimate of drug-likeness (QED) is 0.710. The number of urea groups is 1. The van der Waals surface area contributed by atoms with Crippen LogP contribution in [0.25, 0.3) is 0 Å². The van der Waals surface area contributed by atoms with Gasteiger partial charge in [0.2, 0.25) is 0 Å². The van der Waals surface area contributed by atoms with E-state index >= 15 is 0 Å². The van der Waals surface area contributed by atoms with Gasteiger partial charge in [-0.2, -0.15) is 0 Å². The predicted octanol–water partition coefficient (Wildman–Crippen LogP) is 0.919. The van der Waals surface area contributed by atoms with Crippen LogP contribution in [0.3, 0.4) is 0 Å². The summed E-state index contributed by atoms with van der Waals surface area (Å²) in [6.45, 7) is 6.29. The number of carbonyl (C=O) groups is 1. The van der Waals surface area contributed by atoms with Crippen molar-refractivity contribution in [3.05, 3.63) is 0 Å². The lowest BCUT2D eigenvalue weighted by Gasteiger charge is -2.30. The molecule has 4 heteroatoms. The minimum atomic E-state index is -0.250. The Hall–Kier alpha value is -0.770. The zero-order valence-electron chi connectivity index (χ0n) is 9.18. The van der Waals surface area contributed by atoms with Crippen LogP contribution in [0.15, 0.2) is 0 Å². The number of hydrogen-bond donors (Lipinski definition) is 2. The second kappa shape index (κ2) is 4.64. The Labute approximate surface area is 85.8 Å². The highest BCUT2D eigenvalue weighted by Gasteiger charge is 2.26. The van der Waals surface area contributed by atoms with Gasteiger partial charge in [-0.15, -0.1) is 0 Å². The van der Waals surface area contributed by atoms with Crippen LogP contribution in [0.2, 0.25) is 0 Å². The third-order valence-electron chi connectivity index (χ3n) is 3.03. The van der Waals surface area contributed by atoms with E-state index in [0.717, 1.165) is 32.4 Å². The first kappa shape index (κ1) is 11.3. The second-order valence-electron chi connectivity index (χ2n) is 4.24. The van der Waals surface area contributed by atoms with Crippen molar-refractivity contribution in [2.24, 2.45) is 5.73 Å². The molecule has 0 aromatic carbocycles. The average Bonchev–Trinajstić information content (AvgIpc) is 2.70. The van der Waals surface area contributed by atoms with Gasteiger partial charge in [0, 0.05) is 19.6 Å². The minimum Gasteiger partial charge on any atom is -0.332 e. The van der Waals surface area contributed by atoms with Crippen molar-refractivity contribution < 1.29 is 4.79 Å². The van der Waals surface area contributed by atoms with Crippen molar-refractivity contribution in [1.29, 1.82) is 0 Å². The van der Waals surface area contributed by atoms with Gasteiger partial charge in [-0.1, -0.05) is 6.92 Å². The lowest BCUT2D eigenvalue weighted by Crippen LogP contribution is -2.54. The van der Waals surface area contributed by atoms with E-state index in [4.69, 9.17) is 5.73 Å². The van der Waals surface area contributed by atoms with Crippen LogP contribution in [0, 0.1) is 0 Å². The van der Waals surface area contributed by atoms with Gasteiger partial charge in [0.05, 0.1) is 5.54 Å². The molecule has 1 aliphatic rings. The molecular formula is C10H21N3O.